The number of sulfonamides is 1. The summed E-state index contributed by atoms with van der Waals surface area (Å²) in [6.07, 6.45) is 0.576. The Morgan fingerprint density at radius 2 is 1.95 bits per heavy atom. The zero-order valence-electron chi connectivity index (χ0n) is 12.7. The largest absolute Gasteiger partial charge is 0.394 e. The molecular weight excluding hydrogens is 296 g/mol. The van der Waals surface area contributed by atoms with E-state index in [-0.39, 0.29) is 30.7 Å². The van der Waals surface area contributed by atoms with Crippen LogP contribution in [0.15, 0.2) is 0 Å². The minimum Gasteiger partial charge on any atom is -0.394 e. The van der Waals surface area contributed by atoms with Gasteiger partial charge in [-0.2, -0.15) is 4.31 Å². The quantitative estimate of drug-likeness (QED) is 0.632. The molecule has 0 aliphatic carbocycles. The predicted octanol–water partition coefficient (Wildman–Crippen LogP) is -0.438. The molecule has 0 spiro atoms. The van der Waals surface area contributed by atoms with Gasteiger partial charge in [-0.05, 0) is 12.3 Å². The first-order valence-electron chi connectivity index (χ1n) is 7.31. The number of nitrogens with one attached hydrogen (secondary N) is 1. The van der Waals surface area contributed by atoms with E-state index in [4.69, 9.17) is 4.74 Å². The molecule has 21 heavy (non-hydrogen) atoms. The lowest BCUT2D eigenvalue weighted by Gasteiger charge is -2.26. The first-order valence-corrected chi connectivity index (χ1v) is 8.92. The second-order valence-corrected chi connectivity index (χ2v) is 7.74. The van der Waals surface area contributed by atoms with Crippen LogP contribution in [0.5, 0.6) is 0 Å². The van der Waals surface area contributed by atoms with Gasteiger partial charge in [0.15, 0.2) is 0 Å². The molecule has 8 heteroatoms. The van der Waals surface area contributed by atoms with Gasteiger partial charge in [0.2, 0.25) is 15.9 Å². The number of hydrogen-bond donors (Lipinski definition) is 2. The molecule has 1 amide bonds. The van der Waals surface area contributed by atoms with Gasteiger partial charge in [-0.25, -0.2) is 8.42 Å². The van der Waals surface area contributed by atoms with Crippen molar-refractivity contribution in [1.82, 2.24) is 9.62 Å². The van der Waals surface area contributed by atoms with Crippen molar-refractivity contribution in [2.45, 2.75) is 32.7 Å². The lowest BCUT2D eigenvalue weighted by molar-refractivity contribution is -0.121. The third kappa shape index (κ3) is 6.73. The Morgan fingerprint density at radius 3 is 2.48 bits per heavy atom. The molecule has 1 saturated heterocycles. The van der Waals surface area contributed by atoms with Crippen LogP contribution in [-0.4, -0.2) is 68.4 Å². The summed E-state index contributed by atoms with van der Waals surface area (Å²) in [5.74, 6) is -0.204. The lowest BCUT2D eigenvalue weighted by Crippen LogP contribution is -2.43. The molecule has 1 rings (SSSR count). The van der Waals surface area contributed by atoms with Crippen molar-refractivity contribution in [2.75, 3.05) is 38.7 Å². The molecule has 0 saturated carbocycles. The number of aliphatic hydroxyl groups excluding tert-OH is 1. The second-order valence-electron chi connectivity index (χ2n) is 5.65. The highest BCUT2D eigenvalue weighted by molar-refractivity contribution is 7.89. The number of hydrogen-bond acceptors (Lipinski definition) is 5. The third-order valence-corrected chi connectivity index (χ3v) is 5.16. The van der Waals surface area contributed by atoms with Gasteiger partial charge < -0.3 is 15.2 Å². The summed E-state index contributed by atoms with van der Waals surface area (Å²) < 4.78 is 30.6. The standard InChI is InChI=1S/C13H26N2O5S/c1-11(2)9-12(10-16)14-13(17)3-8-21(18,19)15-4-6-20-7-5-15/h11-12,16H,3-10H2,1-2H3,(H,14,17). The fraction of sp³-hybridized carbons (Fsp3) is 0.923. The summed E-state index contributed by atoms with van der Waals surface area (Å²) in [5, 5.41) is 11.9. The van der Waals surface area contributed by atoms with Crippen molar-refractivity contribution in [1.29, 1.82) is 0 Å². The number of amides is 1. The number of carbonyl (C=O) groups is 1. The van der Waals surface area contributed by atoms with Crippen molar-refractivity contribution >= 4 is 15.9 Å². The zero-order chi connectivity index (χ0) is 15.9. The van der Waals surface area contributed by atoms with Crippen LogP contribution in [0.1, 0.15) is 26.7 Å². The Bertz CT molecular complexity index is 418. The minimum absolute atomic E-state index is 0.0890. The maximum atomic E-state index is 12.1. The summed E-state index contributed by atoms with van der Waals surface area (Å²) in [6.45, 7) is 5.33. The molecule has 0 aromatic rings. The molecular formula is C13H26N2O5S. The van der Waals surface area contributed by atoms with E-state index in [9.17, 15) is 18.3 Å². The van der Waals surface area contributed by atoms with Gasteiger partial charge in [-0.3, -0.25) is 4.79 Å². The van der Waals surface area contributed by atoms with Gasteiger partial charge in [0.25, 0.3) is 0 Å². The van der Waals surface area contributed by atoms with Crippen LogP contribution in [0.4, 0.5) is 0 Å². The maximum Gasteiger partial charge on any atom is 0.221 e. The fourth-order valence-corrected chi connectivity index (χ4v) is 3.63. The number of nitrogens with zero attached hydrogens (tertiary/aromatic N) is 1. The summed E-state index contributed by atoms with van der Waals surface area (Å²) >= 11 is 0. The van der Waals surface area contributed by atoms with E-state index in [1.54, 1.807) is 0 Å². The molecule has 0 aromatic carbocycles. The topological polar surface area (TPSA) is 95.9 Å². The molecule has 0 bridgehead atoms. The first-order chi connectivity index (χ1) is 9.85. The van der Waals surface area contributed by atoms with Crippen LogP contribution in [-0.2, 0) is 19.6 Å². The zero-order valence-corrected chi connectivity index (χ0v) is 13.6. The van der Waals surface area contributed by atoms with Gasteiger partial charge >= 0.3 is 0 Å². The summed E-state index contributed by atoms with van der Waals surface area (Å²) in [6, 6.07) is -0.316. The van der Waals surface area contributed by atoms with Crippen molar-refractivity contribution < 1.29 is 23.1 Å². The van der Waals surface area contributed by atoms with Gasteiger partial charge in [-0.1, -0.05) is 13.8 Å². The molecule has 7 nitrogen and oxygen atoms in total. The predicted molar refractivity (Wildman–Crippen MR) is 79.3 cm³/mol. The van der Waals surface area contributed by atoms with Crippen molar-refractivity contribution in [3.8, 4) is 0 Å². The molecule has 0 radical (unpaired) electrons. The van der Waals surface area contributed by atoms with Crippen LogP contribution in [0.2, 0.25) is 0 Å². The van der Waals surface area contributed by atoms with Gasteiger partial charge in [0.1, 0.15) is 0 Å². The molecule has 1 aliphatic heterocycles. The van der Waals surface area contributed by atoms with E-state index in [2.05, 4.69) is 5.32 Å². The highest BCUT2D eigenvalue weighted by Gasteiger charge is 2.25. The lowest BCUT2D eigenvalue weighted by atomic mass is 10.0. The highest BCUT2D eigenvalue weighted by atomic mass is 32.2. The summed E-state index contributed by atoms with van der Waals surface area (Å²) in [5.41, 5.74) is 0. The molecule has 1 aliphatic rings. The average molecular weight is 322 g/mol. The molecule has 1 heterocycles. The highest BCUT2D eigenvalue weighted by Crippen LogP contribution is 2.08. The monoisotopic (exact) mass is 322 g/mol. The van der Waals surface area contributed by atoms with Gasteiger partial charge in [0.05, 0.1) is 31.6 Å². The normalized spacial score (nSPS) is 18.7. The number of ether oxygens (including phenoxy) is 1. The van der Waals surface area contributed by atoms with E-state index in [1.807, 2.05) is 13.8 Å². The van der Waals surface area contributed by atoms with Crippen molar-refractivity contribution in [3.05, 3.63) is 0 Å². The number of aliphatic hydroxyl groups is 1. The van der Waals surface area contributed by atoms with E-state index in [0.717, 1.165) is 0 Å². The number of rotatable bonds is 8. The second kappa shape index (κ2) is 8.67. The third-order valence-electron chi connectivity index (χ3n) is 3.29. The molecule has 2 N–H and O–H groups in total. The van der Waals surface area contributed by atoms with Crippen LogP contribution in [0.3, 0.4) is 0 Å². The molecule has 1 unspecified atom stereocenters. The van der Waals surface area contributed by atoms with E-state index < -0.39 is 10.0 Å². The van der Waals surface area contributed by atoms with Crippen molar-refractivity contribution in [3.63, 3.8) is 0 Å². The number of carbonyl (C=O) groups excluding carboxylic acids is 1. The van der Waals surface area contributed by atoms with Crippen molar-refractivity contribution in [2.24, 2.45) is 5.92 Å². The Labute approximate surface area is 126 Å². The summed E-state index contributed by atoms with van der Waals surface area (Å²) in [7, 11) is -3.41. The number of morpholine rings is 1. The van der Waals surface area contributed by atoms with Crippen LogP contribution >= 0.6 is 0 Å². The average Bonchev–Trinajstić information content (AvgIpc) is 2.45. The van der Waals surface area contributed by atoms with Gasteiger partial charge in [0, 0.05) is 19.5 Å². The molecule has 0 aromatic heterocycles. The molecule has 1 fully saturated rings. The molecule has 124 valence electrons. The van der Waals surface area contributed by atoms with E-state index in [1.165, 1.54) is 4.31 Å². The Morgan fingerprint density at radius 1 is 1.33 bits per heavy atom. The van der Waals surface area contributed by atoms with Gasteiger partial charge in [-0.15, -0.1) is 0 Å². The Hall–Kier alpha value is -0.700. The smallest absolute Gasteiger partial charge is 0.221 e. The summed E-state index contributed by atoms with van der Waals surface area (Å²) in [4.78, 5) is 11.8. The van der Waals surface area contributed by atoms with E-state index >= 15 is 0 Å². The van der Waals surface area contributed by atoms with Crippen LogP contribution < -0.4 is 5.32 Å². The van der Waals surface area contributed by atoms with Crippen LogP contribution in [0, 0.1) is 5.92 Å². The SMILES string of the molecule is CC(C)CC(CO)NC(=O)CCS(=O)(=O)N1CCOCC1. The fourth-order valence-electron chi connectivity index (χ4n) is 2.22. The van der Waals surface area contributed by atoms with Crippen LogP contribution in [0.25, 0.3) is 0 Å². The Balaban J connectivity index is 2.40. The first kappa shape index (κ1) is 18.3. The van der Waals surface area contributed by atoms with E-state index in [0.29, 0.717) is 38.6 Å². The molecule has 1 atom stereocenters. The minimum atomic E-state index is -3.41. The Kier molecular flexibility index (Phi) is 7.58. The maximum absolute atomic E-state index is 12.1.